The molecule has 2 rings (SSSR count). The van der Waals surface area contributed by atoms with Gasteiger partial charge < -0.3 is 9.84 Å². The molecule has 1 saturated heterocycles. The van der Waals surface area contributed by atoms with Gasteiger partial charge in [0.05, 0.1) is 6.54 Å². The van der Waals surface area contributed by atoms with E-state index in [4.69, 9.17) is 4.52 Å². The SMILES string of the molecule is CNCC1CCN(Cc2nc(C(C)(C)C)no2)CC1.Cl. The van der Waals surface area contributed by atoms with Gasteiger partial charge in [-0.2, -0.15) is 4.98 Å². The van der Waals surface area contributed by atoms with Gasteiger partial charge in [-0.1, -0.05) is 25.9 Å². The first-order chi connectivity index (χ1) is 8.99. The molecule has 1 aromatic rings. The lowest BCUT2D eigenvalue weighted by atomic mass is 9.96. The minimum atomic E-state index is -0.0401. The van der Waals surface area contributed by atoms with Crippen LogP contribution in [0.2, 0.25) is 0 Å². The second-order valence-corrected chi connectivity index (χ2v) is 6.54. The van der Waals surface area contributed by atoms with Gasteiger partial charge in [-0.3, -0.25) is 4.90 Å². The Morgan fingerprint density at radius 3 is 2.45 bits per heavy atom. The standard InChI is InChI=1S/C14H26N4O.ClH/c1-14(2,3)13-16-12(19-17-13)10-18-7-5-11(6-8-18)9-15-4;/h11,15H,5-10H2,1-4H3;1H. The zero-order chi connectivity index (χ0) is 13.9. The highest BCUT2D eigenvalue weighted by atomic mass is 35.5. The summed E-state index contributed by atoms with van der Waals surface area (Å²) in [4.78, 5) is 6.91. The van der Waals surface area contributed by atoms with Crippen LogP contribution in [0.15, 0.2) is 4.52 Å². The maximum atomic E-state index is 5.35. The number of rotatable bonds is 4. The van der Waals surface area contributed by atoms with Crippen molar-refractivity contribution < 1.29 is 4.52 Å². The molecule has 0 atom stereocenters. The quantitative estimate of drug-likeness (QED) is 0.924. The van der Waals surface area contributed by atoms with Gasteiger partial charge in [0.25, 0.3) is 0 Å². The molecule has 0 aromatic carbocycles. The van der Waals surface area contributed by atoms with E-state index >= 15 is 0 Å². The van der Waals surface area contributed by atoms with Gasteiger partial charge in [-0.15, -0.1) is 12.4 Å². The van der Waals surface area contributed by atoms with Crippen molar-refractivity contribution in [2.75, 3.05) is 26.7 Å². The molecule has 0 bridgehead atoms. The maximum Gasteiger partial charge on any atom is 0.240 e. The highest BCUT2D eigenvalue weighted by molar-refractivity contribution is 5.85. The van der Waals surface area contributed by atoms with Gasteiger partial charge >= 0.3 is 0 Å². The third-order valence-electron chi connectivity index (χ3n) is 3.70. The fourth-order valence-electron chi connectivity index (χ4n) is 2.45. The van der Waals surface area contributed by atoms with E-state index in [-0.39, 0.29) is 17.8 Å². The molecule has 2 heterocycles. The molecule has 0 radical (unpaired) electrons. The highest BCUT2D eigenvalue weighted by Gasteiger charge is 2.23. The molecule has 1 aliphatic heterocycles. The number of nitrogens with one attached hydrogen (secondary N) is 1. The van der Waals surface area contributed by atoms with Crippen molar-refractivity contribution in [2.45, 2.75) is 45.6 Å². The Morgan fingerprint density at radius 1 is 1.30 bits per heavy atom. The zero-order valence-corrected chi connectivity index (χ0v) is 13.8. The molecule has 6 heteroatoms. The van der Waals surface area contributed by atoms with Crippen molar-refractivity contribution >= 4 is 12.4 Å². The van der Waals surface area contributed by atoms with Crippen molar-refractivity contribution in [3.8, 4) is 0 Å². The largest absolute Gasteiger partial charge is 0.338 e. The van der Waals surface area contributed by atoms with Gasteiger partial charge in [-0.05, 0) is 45.4 Å². The van der Waals surface area contributed by atoms with Gasteiger partial charge in [0, 0.05) is 5.41 Å². The van der Waals surface area contributed by atoms with Crippen LogP contribution in [-0.4, -0.2) is 41.7 Å². The van der Waals surface area contributed by atoms with Crippen LogP contribution >= 0.6 is 12.4 Å². The Labute approximate surface area is 127 Å². The Hall–Kier alpha value is -0.650. The Kier molecular flexibility index (Phi) is 6.43. The lowest BCUT2D eigenvalue weighted by Gasteiger charge is -2.30. The normalized spacial score (nSPS) is 18.0. The molecule has 0 amide bonds. The number of nitrogens with zero attached hydrogens (tertiary/aromatic N) is 3. The van der Waals surface area contributed by atoms with E-state index in [0.717, 1.165) is 43.8 Å². The lowest BCUT2D eigenvalue weighted by molar-refractivity contribution is 0.158. The first kappa shape index (κ1) is 17.4. The Balaban J connectivity index is 0.00000200. The molecule has 0 saturated carbocycles. The number of hydrogen-bond acceptors (Lipinski definition) is 5. The lowest BCUT2D eigenvalue weighted by Crippen LogP contribution is -2.36. The Bertz CT molecular complexity index is 394. The van der Waals surface area contributed by atoms with Gasteiger partial charge in [0.2, 0.25) is 5.89 Å². The van der Waals surface area contributed by atoms with E-state index in [1.54, 1.807) is 0 Å². The van der Waals surface area contributed by atoms with E-state index < -0.39 is 0 Å². The molecule has 1 aliphatic rings. The predicted molar refractivity (Wildman–Crippen MR) is 82.2 cm³/mol. The summed E-state index contributed by atoms with van der Waals surface area (Å²) in [5.74, 6) is 2.36. The second-order valence-electron chi connectivity index (χ2n) is 6.54. The first-order valence-electron chi connectivity index (χ1n) is 7.19. The molecule has 1 aromatic heterocycles. The number of hydrogen-bond donors (Lipinski definition) is 1. The number of halogens is 1. The van der Waals surface area contributed by atoms with Crippen LogP contribution in [0, 0.1) is 5.92 Å². The van der Waals surface area contributed by atoms with E-state index in [1.807, 2.05) is 7.05 Å². The number of piperidine rings is 1. The van der Waals surface area contributed by atoms with E-state index in [2.05, 4.69) is 41.1 Å². The van der Waals surface area contributed by atoms with Crippen LogP contribution in [0.1, 0.15) is 45.3 Å². The van der Waals surface area contributed by atoms with Crippen molar-refractivity contribution in [3.05, 3.63) is 11.7 Å². The van der Waals surface area contributed by atoms with Crippen molar-refractivity contribution in [2.24, 2.45) is 5.92 Å². The summed E-state index contributed by atoms with van der Waals surface area (Å²) in [5, 5.41) is 7.34. The molecule has 116 valence electrons. The van der Waals surface area contributed by atoms with Gasteiger partial charge in [-0.25, -0.2) is 0 Å². The van der Waals surface area contributed by atoms with Gasteiger partial charge in [0.15, 0.2) is 5.82 Å². The van der Waals surface area contributed by atoms with Crippen LogP contribution < -0.4 is 5.32 Å². The van der Waals surface area contributed by atoms with Crippen LogP contribution in [-0.2, 0) is 12.0 Å². The predicted octanol–water partition coefficient (Wildman–Crippen LogP) is 2.22. The molecular weight excluding hydrogens is 276 g/mol. The van der Waals surface area contributed by atoms with Crippen LogP contribution in [0.5, 0.6) is 0 Å². The minimum absolute atomic E-state index is 0. The van der Waals surface area contributed by atoms with E-state index in [1.165, 1.54) is 12.8 Å². The summed E-state index contributed by atoms with van der Waals surface area (Å²) in [5.41, 5.74) is -0.0401. The van der Waals surface area contributed by atoms with E-state index in [0.29, 0.717) is 0 Å². The number of likely N-dealkylation sites (tertiary alicyclic amines) is 1. The topological polar surface area (TPSA) is 54.2 Å². The zero-order valence-electron chi connectivity index (χ0n) is 13.0. The number of aromatic nitrogens is 2. The van der Waals surface area contributed by atoms with Crippen LogP contribution in [0.3, 0.4) is 0 Å². The summed E-state index contributed by atoms with van der Waals surface area (Å²) in [6.45, 7) is 10.5. The summed E-state index contributed by atoms with van der Waals surface area (Å²) in [6.07, 6.45) is 2.50. The monoisotopic (exact) mass is 302 g/mol. The molecule has 0 unspecified atom stereocenters. The molecular formula is C14H27ClN4O. The van der Waals surface area contributed by atoms with E-state index in [9.17, 15) is 0 Å². The molecule has 5 nitrogen and oxygen atoms in total. The summed E-state index contributed by atoms with van der Waals surface area (Å²) >= 11 is 0. The molecule has 20 heavy (non-hydrogen) atoms. The first-order valence-corrected chi connectivity index (χ1v) is 7.19. The average Bonchev–Trinajstić information content (AvgIpc) is 2.80. The van der Waals surface area contributed by atoms with Crippen molar-refractivity contribution in [3.63, 3.8) is 0 Å². The smallest absolute Gasteiger partial charge is 0.240 e. The van der Waals surface area contributed by atoms with Crippen LogP contribution in [0.4, 0.5) is 0 Å². The van der Waals surface area contributed by atoms with Crippen molar-refractivity contribution in [1.82, 2.24) is 20.4 Å². The third kappa shape index (κ3) is 4.72. The fourth-order valence-corrected chi connectivity index (χ4v) is 2.45. The summed E-state index contributed by atoms with van der Waals surface area (Å²) in [6, 6.07) is 0. The second kappa shape index (κ2) is 7.38. The maximum absolute atomic E-state index is 5.35. The average molecular weight is 303 g/mol. The Morgan fingerprint density at radius 2 is 1.95 bits per heavy atom. The summed E-state index contributed by atoms with van der Waals surface area (Å²) in [7, 11) is 2.03. The summed E-state index contributed by atoms with van der Waals surface area (Å²) < 4.78 is 5.35. The highest BCUT2D eigenvalue weighted by Crippen LogP contribution is 2.21. The minimum Gasteiger partial charge on any atom is -0.338 e. The fraction of sp³-hybridized carbons (Fsp3) is 0.857. The molecule has 1 fully saturated rings. The van der Waals surface area contributed by atoms with Gasteiger partial charge in [0.1, 0.15) is 0 Å². The van der Waals surface area contributed by atoms with Crippen LogP contribution in [0.25, 0.3) is 0 Å². The van der Waals surface area contributed by atoms with Crippen molar-refractivity contribution in [1.29, 1.82) is 0 Å². The molecule has 0 spiro atoms. The molecule has 0 aliphatic carbocycles. The third-order valence-corrected chi connectivity index (χ3v) is 3.70. The molecule has 1 N–H and O–H groups in total.